The van der Waals surface area contributed by atoms with E-state index in [1.54, 1.807) is 0 Å². The number of carbonyl (C=O) groups is 2. The minimum absolute atomic E-state index is 0.111. The van der Waals surface area contributed by atoms with Crippen LogP contribution in [0, 0.1) is 10.1 Å². The van der Waals surface area contributed by atoms with E-state index in [0.29, 0.717) is 12.5 Å². The van der Waals surface area contributed by atoms with Gasteiger partial charge in [0.05, 0.1) is 22.5 Å². The van der Waals surface area contributed by atoms with Crippen LogP contribution in [0.25, 0.3) is 11.0 Å². The molecule has 0 atom stereocenters. The summed E-state index contributed by atoms with van der Waals surface area (Å²) in [6.07, 6.45) is 0.868. The first-order chi connectivity index (χ1) is 13.5. The van der Waals surface area contributed by atoms with Crippen LogP contribution in [0.5, 0.6) is 0 Å². The van der Waals surface area contributed by atoms with Gasteiger partial charge in [0.15, 0.2) is 0 Å². The second-order valence-corrected chi connectivity index (χ2v) is 6.11. The molecule has 3 rings (SSSR count). The van der Waals surface area contributed by atoms with Gasteiger partial charge in [0.2, 0.25) is 11.9 Å². The van der Waals surface area contributed by atoms with Crippen LogP contribution >= 0.6 is 0 Å². The van der Waals surface area contributed by atoms with Crippen molar-refractivity contribution in [3.05, 3.63) is 64.2 Å². The van der Waals surface area contributed by atoms with E-state index in [0.717, 1.165) is 23.5 Å². The molecule has 28 heavy (non-hydrogen) atoms. The summed E-state index contributed by atoms with van der Waals surface area (Å²) < 4.78 is 1.91. The standard InChI is InChI=1S/C19H19N5O4/c1-2-10-23-16-9-4-3-8-15(16)21-19(23)22-17(25)12-20-18(26)13-6-5-7-14(11-13)24(27)28/h3-9,11H,2,10,12H2,1H3,(H,20,26)(H,21,22,25). The molecule has 2 N–H and O–H groups in total. The first-order valence-electron chi connectivity index (χ1n) is 8.77. The number of non-ortho nitro benzene ring substituents is 1. The molecular weight excluding hydrogens is 362 g/mol. The van der Waals surface area contributed by atoms with Crippen molar-refractivity contribution in [2.45, 2.75) is 19.9 Å². The number of amides is 2. The van der Waals surface area contributed by atoms with Crippen LogP contribution in [0.4, 0.5) is 11.6 Å². The van der Waals surface area contributed by atoms with Gasteiger partial charge >= 0.3 is 0 Å². The largest absolute Gasteiger partial charge is 0.343 e. The molecule has 0 saturated carbocycles. The van der Waals surface area contributed by atoms with E-state index in [9.17, 15) is 19.7 Å². The van der Waals surface area contributed by atoms with Crippen molar-refractivity contribution in [3.8, 4) is 0 Å². The number of fused-ring (bicyclic) bond motifs is 1. The molecule has 2 aromatic carbocycles. The first-order valence-corrected chi connectivity index (χ1v) is 8.77. The van der Waals surface area contributed by atoms with Gasteiger partial charge in [-0.05, 0) is 24.6 Å². The fourth-order valence-electron chi connectivity index (χ4n) is 2.81. The van der Waals surface area contributed by atoms with E-state index in [-0.39, 0.29) is 17.8 Å². The molecule has 9 heteroatoms. The lowest BCUT2D eigenvalue weighted by molar-refractivity contribution is -0.384. The Morgan fingerprint density at radius 3 is 2.71 bits per heavy atom. The van der Waals surface area contributed by atoms with Gasteiger partial charge < -0.3 is 9.88 Å². The zero-order chi connectivity index (χ0) is 20.1. The fourth-order valence-corrected chi connectivity index (χ4v) is 2.81. The smallest absolute Gasteiger partial charge is 0.270 e. The Hall–Kier alpha value is -3.75. The lowest BCUT2D eigenvalue weighted by Gasteiger charge is -2.09. The average Bonchev–Trinajstić information content (AvgIpc) is 3.03. The highest BCUT2D eigenvalue weighted by Crippen LogP contribution is 2.20. The van der Waals surface area contributed by atoms with Gasteiger partial charge in [-0.25, -0.2) is 4.98 Å². The molecule has 0 aliphatic carbocycles. The lowest BCUT2D eigenvalue weighted by atomic mass is 10.2. The minimum atomic E-state index is -0.582. The van der Waals surface area contributed by atoms with Crippen molar-refractivity contribution in [2.24, 2.45) is 0 Å². The average molecular weight is 381 g/mol. The third-order valence-corrected chi connectivity index (χ3v) is 4.08. The van der Waals surface area contributed by atoms with E-state index in [1.165, 1.54) is 18.2 Å². The van der Waals surface area contributed by atoms with E-state index in [4.69, 9.17) is 0 Å². The molecule has 0 bridgehead atoms. The first kappa shape index (κ1) is 19.0. The van der Waals surface area contributed by atoms with Crippen molar-refractivity contribution in [3.63, 3.8) is 0 Å². The van der Waals surface area contributed by atoms with Crippen molar-refractivity contribution in [1.29, 1.82) is 0 Å². The number of benzene rings is 2. The molecule has 0 aliphatic rings. The van der Waals surface area contributed by atoms with Gasteiger partial charge in [-0.15, -0.1) is 0 Å². The second-order valence-electron chi connectivity index (χ2n) is 6.11. The number of aryl methyl sites for hydroxylation is 1. The monoisotopic (exact) mass is 381 g/mol. The van der Waals surface area contributed by atoms with Crippen LogP contribution in [0.15, 0.2) is 48.5 Å². The number of anilines is 1. The number of hydrogen-bond donors (Lipinski definition) is 2. The summed E-state index contributed by atoms with van der Waals surface area (Å²) in [5, 5.41) is 16.0. The zero-order valence-corrected chi connectivity index (χ0v) is 15.2. The molecule has 0 aliphatic heterocycles. The van der Waals surface area contributed by atoms with Crippen LogP contribution < -0.4 is 10.6 Å². The number of nitrogens with zero attached hydrogens (tertiary/aromatic N) is 3. The third kappa shape index (κ3) is 4.14. The quantitative estimate of drug-likeness (QED) is 0.482. The Morgan fingerprint density at radius 1 is 1.18 bits per heavy atom. The van der Waals surface area contributed by atoms with Gasteiger partial charge in [0, 0.05) is 24.2 Å². The molecule has 0 spiro atoms. The number of rotatable bonds is 7. The number of nitro groups is 1. The van der Waals surface area contributed by atoms with Crippen molar-refractivity contribution >= 4 is 34.5 Å². The molecule has 0 saturated heterocycles. The molecule has 1 heterocycles. The van der Waals surface area contributed by atoms with E-state index in [1.807, 2.05) is 35.8 Å². The van der Waals surface area contributed by atoms with Gasteiger partial charge in [-0.1, -0.05) is 25.1 Å². The summed E-state index contributed by atoms with van der Waals surface area (Å²) in [5.74, 6) is -0.593. The summed E-state index contributed by atoms with van der Waals surface area (Å²) >= 11 is 0. The zero-order valence-electron chi connectivity index (χ0n) is 15.2. The molecular formula is C19H19N5O4. The predicted molar refractivity (Wildman–Crippen MR) is 104 cm³/mol. The van der Waals surface area contributed by atoms with Crippen molar-refractivity contribution in [1.82, 2.24) is 14.9 Å². The number of carbonyl (C=O) groups excluding carboxylic acids is 2. The van der Waals surface area contributed by atoms with Crippen LogP contribution in [0.3, 0.4) is 0 Å². The summed E-state index contributed by atoms with van der Waals surface area (Å²) in [7, 11) is 0. The topological polar surface area (TPSA) is 119 Å². The molecule has 3 aromatic rings. The van der Waals surface area contributed by atoms with Gasteiger partial charge in [-0.2, -0.15) is 0 Å². The Morgan fingerprint density at radius 2 is 1.96 bits per heavy atom. The molecule has 1 aromatic heterocycles. The molecule has 9 nitrogen and oxygen atoms in total. The maximum Gasteiger partial charge on any atom is 0.270 e. The fraction of sp³-hybridized carbons (Fsp3) is 0.211. The number of nitrogens with one attached hydrogen (secondary N) is 2. The highest BCUT2D eigenvalue weighted by atomic mass is 16.6. The number of nitro benzene ring substituents is 1. The summed E-state index contributed by atoms with van der Waals surface area (Å²) in [4.78, 5) is 39.1. The second kappa shape index (κ2) is 8.30. The van der Waals surface area contributed by atoms with Crippen LogP contribution in [-0.2, 0) is 11.3 Å². The SMILES string of the molecule is CCCn1c(NC(=O)CNC(=O)c2cccc([N+](=O)[O-])c2)nc2ccccc21. The summed E-state index contributed by atoms with van der Waals surface area (Å²) in [6, 6.07) is 12.9. The van der Waals surface area contributed by atoms with Gasteiger partial charge in [0.25, 0.3) is 11.6 Å². The predicted octanol–water partition coefficient (Wildman–Crippen LogP) is 2.72. The third-order valence-electron chi connectivity index (χ3n) is 4.08. The minimum Gasteiger partial charge on any atom is -0.343 e. The van der Waals surface area contributed by atoms with Crippen LogP contribution in [0.2, 0.25) is 0 Å². The highest BCUT2D eigenvalue weighted by Gasteiger charge is 2.15. The van der Waals surface area contributed by atoms with Crippen molar-refractivity contribution in [2.75, 3.05) is 11.9 Å². The maximum atomic E-state index is 12.3. The Bertz CT molecular complexity index is 1040. The number of para-hydroxylation sites is 2. The van der Waals surface area contributed by atoms with E-state index in [2.05, 4.69) is 15.6 Å². The molecule has 144 valence electrons. The summed E-state index contributed by atoms with van der Waals surface area (Å²) in [6.45, 7) is 2.44. The van der Waals surface area contributed by atoms with Gasteiger partial charge in [0.1, 0.15) is 0 Å². The highest BCUT2D eigenvalue weighted by molar-refractivity contribution is 5.99. The molecule has 0 unspecified atom stereocenters. The lowest BCUT2D eigenvalue weighted by Crippen LogP contribution is -2.33. The Labute approximate surface area is 160 Å². The maximum absolute atomic E-state index is 12.3. The number of hydrogen-bond acceptors (Lipinski definition) is 5. The Kier molecular flexibility index (Phi) is 5.64. The van der Waals surface area contributed by atoms with Crippen LogP contribution in [-0.4, -0.2) is 32.8 Å². The molecule has 0 radical (unpaired) electrons. The normalized spacial score (nSPS) is 10.6. The number of aromatic nitrogens is 2. The van der Waals surface area contributed by atoms with Crippen molar-refractivity contribution < 1.29 is 14.5 Å². The summed E-state index contributed by atoms with van der Waals surface area (Å²) in [5.41, 5.74) is 1.61. The Balaban J connectivity index is 1.67. The van der Waals surface area contributed by atoms with Gasteiger partial charge in [-0.3, -0.25) is 25.0 Å². The van der Waals surface area contributed by atoms with E-state index < -0.39 is 16.7 Å². The van der Waals surface area contributed by atoms with E-state index >= 15 is 0 Å². The van der Waals surface area contributed by atoms with Crippen LogP contribution in [0.1, 0.15) is 23.7 Å². The molecule has 2 amide bonds. The number of imidazole rings is 1. The molecule has 0 fully saturated rings.